The predicted octanol–water partition coefficient (Wildman–Crippen LogP) is 2.61. The van der Waals surface area contributed by atoms with Crippen LogP contribution in [0.2, 0.25) is 0 Å². The molecule has 2 N–H and O–H groups in total. The highest BCUT2D eigenvalue weighted by Crippen LogP contribution is 2.66. The number of thiazole rings is 1. The van der Waals surface area contributed by atoms with E-state index in [1.54, 1.807) is 32.2 Å². The Kier molecular flexibility index (Phi) is 7.64. The van der Waals surface area contributed by atoms with E-state index in [2.05, 4.69) is 15.2 Å². The largest absolute Gasteiger partial charge is 0.480 e. The fourth-order valence-electron chi connectivity index (χ4n) is 8.04. The number of amides is 2. The number of fused-ring (bicyclic) bond motifs is 1. The lowest BCUT2D eigenvalue weighted by Crippen LogP contribution is -2.83. The Bertz CT molecular complexity index is 1620. The van der Waals surface area contributed by atoms with Crippen molar-refractivity contribution >= 4 is 35.1 Å². The summed E-state index contributed by atoms with van der Waals surface area (Å²) in [5.41, 5.74) is 1.66. The zero-order valence-corrected chi connectivity index (χ0v) is 27.0. The van der Waals surface area contributed by atoms with Gasteiger partial charge in [0.2, 0.25) is 0 Å². The van der Waals surface area contributed by atoms with Crippen molar-refractivity contribution in [1.29, 1.82) is 0 Å². The van der Waals surface area contributed by atoms with Crippen LogP contribution >= 0.6 is 11.3 Å². The SMILES string of the molecule is CCOC(=O)C1=C(CN2CCN3C(=O)N(C45CC(N(C)CC(=O)O)(C4)C5)C[C@@H]3C2)NC(c2nccs2)=N[C@H]1c1cccc(F)c1C. The Balaban J connectivity index is 1.13. The minimum absolute atomic E-state index is 0.0000180. The second-order valence-corrected chi connectivity index (χ2v) is 14.0. The first-order chi connectivity index (χ1) is 22.0. The molecule has 0 radical (unpaired) electrons. The van der Waals surface area contributed by atoms with Gasteiger partial charge in [0.1, 0.15) is 11.9 Å². The highest BCUT2D eigenvalue weighted by atomic mass is 32.1. The summed E-state index contributed by atoms with van der Waals surface area (Å²) in [6.45, 7) is 6.41. The first-order valence-electron chi connectivity index (χ1n) is 15.7. The molecule has 0 spiro atoms. The van der Waals surface area contributed by atoms with Gasteiger partial charge in [-0.1, -0.05) is 12.1 Å². The number of carbonyl (C=O) groups excluding carboxylic acids is 2. The topological polar surface area (TPSA) is 131 Å². The standard InChI is InChI=1S/C32H38FN7O5S/c1-4-45-29(43)25-23(35-27(28-34-8-11-46-28)36-26(25)21-6-5-7-22(33)19(21)2)14-38-9-10-39-20(12-38)13-40(30(39)44)32-16-31(17-32,18-32)37(3)15-24(41)42/h5-8,11,20,26H,4,9-10,12-18H2,1-3H3,(H,35,36)(H,41,42)/t20-,26-,31?,32?/m0/s1. The molecule has 1 aromatic carbocycles. The fraction of sp³-hybridized carbons (Fsp3) is 0.531. The maximum Gasteiger partial charge on any atom is 0.338 e. The smallest absolute Gasteiger partial charge is 0.338 e. The summed E-state index contributed by atoms with van der Waals surface area (Å²) in [6, 6.07) is 4.08. The first-order valence-corrected chi connectivity index (χ1v) is 16.6. The zero-order valence-electron chi connectivity index (χ0n) is 26.2. The van der Waals surface area contributed by atoms with Gasteiger partial charge in [-0.3, -0.25) is 19.6 Å². The zero-order chi connectivity index (χ0) is 32.4. The average Bonchev–Trinajstić information content (AvgIpc) is 3.61. The van der Waals surface area contributed by atoms with Crippen molar-refractivity contribution in [3.05, 3.63) is 63.0 Å². The monoisotopic (exact) mass is 651 g/mol. The van der Waals surface area contributed by atoms with Crippen molar-refractivity contribution in [1.82, 2.24) is 29.9 Å². The van der Waals surface area contributed by atoms with Gasteiger partial charge >= 0.3 is 18.0 Å². The minimum atomic E-state index is -0.841. The van der Waals surface area contributed by atoms with Gasteiger partial charge in [-0.05, 0) is 57.4 Å². The molecular formula is C32H38FN7O5S. The average molecular weight is 652 g/mol. The molecule has 4 heterocycles. The second kappa shape index (κ2) is 11.4. The van der Waals surface area contributed by atoms with E-state index in [4.69, 9.17) is 9.73 Å². The summed E-state index contributed by atoms with van der Waals surface area (Å²) in [4.78, 5) is 55.9. The lowest BCUT2D eigenvalue weighted by Gasteiger charge is -2.75. The molecule has 2 saturated heterocycles. The van der Waals surface area contributed by atoms with E-state index >= 15 is 0 Å². The minimum Gasteiger partial charge on any atom is -0.480 e. The summed E-state index contributed by atoms with van der Waals surface area (Å²) in [5.74, 6) is -1.21. The van der Waals surface area contributed by atoms with Gasteiger partial charge in [0.15, 0.2) is 10.8 Å². The number of benzene rings is 1. The lowest BCUT2D eigenvalue weighted by atomic mass is 9.43. The number of likely N-dealkylation sites (N-methyl/N-ethyl adjacent to an activating group) is 1. The summed E-state index contributed by atoms with van der Waals surface area (Å²) in [6.07, 6.45) is 4.11. The number of carboxylic acid groups (broad SMARTS) is 1. The van der Waals surface area contributed by atoms with Gasteiger partial charge in [-0.25, -0.2) is 19.0 Å². The van der Waals surface area contributed by atoms with E-state index in [0.717, 1.165) is 19.3 Å². The molecule has 244 valence electrons. The number of halogens is 1. The number of amidine groups is 1. The van der Waals surface area contributed by atoms with E-state index < -0.39 is 18.0 Å². The van der Waals surface area contributed by atoms with Crippen LogP contribution in [0.3, 0.4) is 0 Å². The molecule has 6 aliphatic rings. The maximum atomic E-state index is 14.8. The molecule has 12 nitrogen and oxygen atoms in total. The van der Waals surface area contributed by atoms with Crippen LogP contribution < -0.4 is 5.32 Å². The molecule has 5 fully saturated rings. The molecule has 1 aromatic heterocycles. The molecule has 8 rings (SSSR count). The van der Waals surface area contributed by atoms with Crippen LogP contribution in [0.5, 0.6) is 0 Å². The third-order valence-electron chi connectivity index (χ3n) is 10.4. The number of aliphatic carboxylic acids is 1. The number of piperazine rings is 1. The number of hydrogen-bond donors (Lipinski definition) is 2. The molecule has 3 aliphatic heterocycles. The number of nitrogens with zero attached hydrogens (tertiary/aromatic N) is 6. The van der Waals surface area contributed by atoms with Crippen LogP contribution in [0, 0.1) is 12.7 Å². The van der Waals surface area contributed by atoms with E-state index in [-0.39, 0.29) is 42.1 Å². The lowest BCUT2D eigenvalue weighted by molar-refractivity contribution is -0.211. The molecule has 14 heteroatoms. The first kappa shape index (κ1) is 30.8. The normalized spacial score (nSPS) is 28.8. The number of carbonyl (C=O) groups is 3. The van der Waals surface area contributed by atoms with Crippen LogP contribution in [0.4, 0.5) is 9.18 Å². The van der Waals surface area contributed by atoms with E-state index in [0.29, 0.717) is 66.0 Å². The maximum absolute atomic E-state index is 14.8. The van der Waals surface area contributed by atoms with E-state index in [1.165, 1.54) is 17.4 Å². The molecule has 2 bridgehead atoms. The van der Waals surface area contributed by atoms with Crippen LogP contribution in [0.25, 0.3) is 0 Å². The second-order valence-electron chi connectivity index (χ2n) is 13.1. The van der Waals surface area contributed by atoms with Crippen LogP contribution in [-0.4, -0.2) is 124 Å². The number of nitrogens with one attached hydrogen (secondary N) is 1. The highest BCUT2D eigenvalue weighted by molar-refractivity contribution is 7.11. The van der Waals surface area contributed by atoms with Gasteiger partial charge < -0.3 is 25.0 Å². The Morgan fingerprint density at radius 2 is 2.02 bits per heavy atom. The Morgan fingerprint density at radius 1 is 1.24 bits per heavy atom. The molecular weight excluding hydrogens is 613 g/mol. The number of rotatable bonds is 10. The van der Waals surface area contributed by atoms with Gasteiger partial charge in [0.25, 0.3) is 0 Å². The molecule has 3 aliphatic carbocycles. The van der Waals surface area contributed by atoms with Crippen molar-refractivity contribution in [3.63, 3.8) is 0 Å². The number of esters is 1. The highest BCUT2D eigenvalue weighted by Gasteiger charge is 2.74. The molecule has 46 heavy (non-hydrogen) atoms. The van der Waals surface area contributed by atoms with Gasteiger partial charge in [0.05, 0.1) is 30.3 Å². The number of carboxylic acids is 1. The summed E-state index contributed by atoms with van der Waals surface area (Å²) in [5, 5.41) is 15.1. The van der Waals surface area contributed by atoms with Crippen molar-refractivity contribution in [2.24, 2.45) is 4.99 Å². The van der Waals surface area contributed by atoms with Crippen LogP contribution in [-0.2, 0) is 14.3 Å². The van der Waals surface area contributed by atoms with E-state index in [1.807, 2.05) is 27.1 Å². The molecule has 2 atom stereocenters. The fourth-order valence-corrected chi connectivity index (χ4v) is 8.63. The van der Waals surface area contributed by atoms with Crippen LogP contribution in [0.1, 0.15) is 48.4 Å². The number of hydrogen-bond acceptors (Lipinski definition) is 10. The van der Waals surface area contributed by atoms with Crippen molar-refractivity contribution < 1.29 is 28.6 Å². The Morgan fingerprint density at radius 3 is 2.72 bits per heavy atom. The number of aromatic nitrogens is 1. The molecule has 0 unspecified atom stereocenters. The van der Waals surface area contributed by atoms with Crippen molar-refractivity contribution in [2.75, 3.05) is 52.9 Å². The molecule has 3 saturated carbocycles. The summed E-state index contributed by atoms with van der Waals surface area (Å²) < 4.78 is 20.3. The Hall–Kier alpha value is -3.88. The predicted molar refractivity (Wildman–Crippen MR) is 168 cm³/mol. The molecule has 2 aromatic rings. The van der Waals surface area contributed by atoms with Crippen molar-refractivity contribution in [3.8, 4) is 0 Å². The number of urea groups is 1. The summed E-state index contributed by atoms with van der Waals surface area (Å²) >= 11 is 1.42. The quantitative estimate of drug-likeness (QED) is 0.373. The van der Waals surface area contributed by atoms with Crippen molar-refractivity contribution in [2.45, 2.75) is 56.3 Å². The van der Waals surface area contributed by atoms with Gasteiger partial charge in [-0.2, -0.15) is 0 Å². The van der Waals surface area contributed by atoms with E-state index in [9.17, 15) is 23.9 Å². The summed E-state index contributed by atoms with van der Waals surface area (Å²) in [7, 11) is 1.85. The van der Waals surface area contributed by atoms with Gasteiger partial charge in [-0.15, -0.1) is 11.3 Å². The van der Waals surface area contributed by atoms with Gasteiger partial charge in [0, 0.05) is 55.5 Å². The third kappa shape index (κ3) is 4.97. The molecule has 2 amide bonds. The number of ether oxygens (including phenoxy) is 1. The third-order valence-corrected chi connectivity index (χ3v) is 11.2. The van der Waals surface area contributed by atoms with Crippen LogP contribution in [0.15, 0.2) is 46.0 Å². The number of aliphatic imine (C=N–C) groups is 1. The Labute approximate surface area is 270 Å².